The summed E-state index contributed by atoms with van der Waals surface area (Å²) < 4.78 is 4.63. The van der Waals surface area contributed by atoms with Crippen molar-refractivity contribution in [2.45, 2.75) is 13.3 Å². The molecule has 0 aliphatic carbocycles. The fourth-order valence-electron chi connectivity index (χ4n) is 1.35. The zero-order valence-electron chi connectivity index (χ0n) is 10.3. The van der Waals surface area contributed by atoms with Gasteiger partial charge >= 0.3 is 11.9 Å². The zero-order chi connectivity index (χ0) is 13.5. The summed E-state index contributed by atoms with van der Waals surface area (Å²) in [6, 6.07) is 3.24. The van der Waals surface area contributed by atoms with E-state index in [-0.39, 0.29) is 0 Å². The minimum Gasteiger partial charge on any atom is -0.481 e. The van der Waals surface area contributed by atoms with Crippen LogP contribution in [-0.4, -0.2) is 35.7 Å². The first kappa shape index (κ1) is 14.0. The van der Waals surface area contributed by atoms with E-state index in [9.17, 15) is 9.59 Å². The maximum atomic E-state index is 11.4. The van der Waals surface area contributed by atoms with Crippen LogP contribution in [0.1, 0.15) is 23.7 Å². The van der Waals surface area contributed by atoms with Gasteiger partial charge in [0.1, 0.15) is 11.4 Å². The smallest absolute Gasteiger partial charge is 0.341 e. The third-order valence-electron chi connectivity index (χ3n) is 2.50. The van der Waals surface area contributed by atoms with Gasteiger partial charge in [0, 0.05) is 12.7 Å². The number of hydrogen-bond acceptors (Lipinski definition) is 5. The molecule has 0 aliphatic heterocycles. The Labute approximate surface area is 105 Å². The number of nitrogens with zero attached hydrogens (tertiary/aromatic N) is 1. The molecule has 1 aromatic rings. The lowest BCUT2D eigenvalue weighted by atomic mass is 10.1. The molecule has 6 heteroatoms. The fraction of sp³-hybridized carbons (Fsp3) is 0.417. The monoisotopic (exact) mass is 252 g/mol. The lowest BCUT2D eigenvalue weighted by Crippen LogP contribution is -2.16. The van der Waals surface area contributed by atoms with Gasteiger partial charge in [-0.05, 0) is 18.6 Å². The molecule has 1 aromatic heterocycles. The molecule has 0 spiro atoms. The number of anilines is 1. The van der Waals surface area contributed by atoms with Gasteiger partial charge in [0.25, 0.3) is 0 Å². The number of carboxylic acid groups (broad SMARTS) is 1. The highest BCUT2D eigenvalue weighted by Gasteiger charge is 2.13. The van der Waals surface area contributed by atoms with Crippen molar-refractivity contribution < 1.29 is 19.4 Å². The van der Waals surface area contributed by atoms with Gasteiger partial charge < -0.3 is 15.2 Å². The molecule has 0 bridgehead atoms. The molecule has 0 radical (unpaired) electrons. The number of carbonyl (C=O) groups is 2. The normalized spacial score (nSPS) is 11.7. The van der Waals surface area contributed by atoms with Crippen molar-refractivity contribution in [1.82, 2.24) is 4.98 Å². The number of carboxylic acids is 1. The van der Waals surface area contributed by atoms with Crippen LogP contribution in [0.4, 0.5) is 5.82 Å². The Morgan fingerprint density at radius 3 is 2.89 bits per heavy atom. The Morgan fingerprint density at radius 2 is 2.28 bits per heavy atom. The van der Waals surface area contributed by atoms with E-state index in [1.54, 1.807) is 25.3 Å². The highest BCUT2D eigenvalue weighted by Crippen LogP contribution is 2.13. The number of carbonyl (C=O) groups excluding carboxylic acids is 1. The van der Waals surface area contributed by atoms with Gasteiger partial charge in [0.2, 0.25) is 0 Å². The van der Waals surface area contributed by atoms with Crippen molar-refractivity contribution in [3.05, 3.63) is 23.9 Å². The Morgan fingerprint density at radius 1 is 1.56 bits per heavy atom. The minimum absolute atomic E-state index is 0.336. The highest BCUT2D eigenvalue weighted by atomic mass is 16.5. The van der Waals surface area contributed by atoms with E-state index in [1.807, 2.05) is 0 Å². The summed E-state index contributed by atoms with van der Waals surface area (Å²) in [4.78, 5) is 26.1. The second-order valence-corrected chi connectivity index (χ2v) is 3.85. The minimum atomic E-state index is -0.842. The van der Waals surface area contributed by atoms with Crippen LogP contribution in [0, 0.1) is 5.92 Å². The van der Waals surface area contributed by atoms with E-state index in [1.165, 1.54) is 7.11 Å². The van der Waals surface area contributed by atoms with Crippen LogP contribution in [0.15, 0.2) is 18.3 Å². The summed E-state index contributed by atoms with van der Waals surface area (Å²) in [5.41, 5.74) is 0.336. The van der Waals surface area contributed by atoms with E-state index in [0.717, 1.165) is 0 Å². The first-order valence-corrected chi connectivity index (χ1v) is 5.56. The van der Waals surface area contributed by atoms with Crippen molar-refractivity contribution in [3.8, 4) is 0 Å². The number of ether oxygens (including phenoxy) is 1. The summed E-state index contributed by atoms with van der Waals surface area (Å²) in [5, 5.41) is 11.7. The first-order chi connectivity index (χ1) is 8.56. The van der Waals surface area contributed by atoms with Crippen molar-refractivity contribution in [2.24, 2.45) is 5.92 Å². The fourth-order valence-corrected chi connectivity index (χ4v) is 1.35. The predicted molar refractivity (Wildman–Crippen MR) is 65.5 cm³/mol. The van der Waals surface area contributed by atoms with Crippen LogP contribution in [0.5, 0.6) is 0 Å². The van der Waals surface area contributed by atoms with Gasteiger partial charge in [0.05, 0.1) is 13.0 Å². The third kappa shape index (κ3) is 3.73. The number of nitrogens with one attached hydrogen (secondary N) is 1. The predicted octanol–water partition coefficient (Wildman–Crippen LogP) is 1.39. The molecule has 98 valence electrons. The van der Waals surface area contributed by atoms with Crippen LogP contribution >= 0.6 is 0 Å². The summed E-state index contributed by atoms with van der Waals surface area (Å²) in [6.07, 6.45) is 2.00. The van der Waals surface area contributed by atoms with Gasteiger partial charge in [0.15, 0.2) is 0 Å². The Kier molecular flexibility index (Phi) is 5.10. The molecule has 6 nitrogen and oxygen atoms in total. The average Bonchev–Trinajstić information content (AvgIpc) is 2.38. The largest absolute Gasteiger partial charge is 0.481 e. The third-order valence-corrected chi connectivity index (χ3v) is 2.50. The highest BCUT2D eigenvalue weighted by molar-refractivity contribution is 5.94. The molecule has 0 aromatic carbocycles. The maximum absolute atomic E-state index is 11.4. The lowest BCUT2D eigenvalue weighted by Gasteiger charge is -2.10. The summed E-state index contributed by atoms with van der Waals surface area (Å²) >= 11 is 0. The topological polar surface area (TPSA) is 88.5 Å². The Bertz CT molecular complexity index is 434. The second kappa shape index (κ2) is 6.58. The SMILES string of the molecule is COC(=O)c1cccnc1NCCC(C)C(=O)O. The number of aliphatic carboxylic acids is 1. The lowest BCUT2D eigenvalue weighted by molar-refractivity contribution is -0.141. The molecule has 0 amide bonds. The van der Waals surface area contributed by atoms with Gasteiger partial charge in [-0.3, -0.25) is 4.79 Å². The molecule has 1 rings (SSSR count). The van der Waals surface area contributed by atoms with Crippen molar-refractivity contribution in [3.63, 3.8) is 0 Å². The molecule has 0 saturated carbocycles. The number of rotatable bonds is 6. The van der Waals surface area contributed by atoms with Gasteiger partial charge in [-0.1, -0.05) is 6.92 Å². The molecule has 18 heavy (non-hydrogen) atoms. The molecule has 0 saturated heterocycles. The standard InChI is InChI=1S/C12H16N2O4/c1-8(11(15)16)5-7-14-10-9(12(17)18-2)4-3-6-13-10/h3-4,6,8H,5,7H2,1-2H3,(H,13,14)(H,15,16). The summed E-state index contributed by atoms with van der Waals surface area (Å²) in [6.45, 7) is 2.05. The van der Waals surface area contributed by atoms with Crippen molar-refractivity contribution in [2.75, 3.05) is 19.0 Å². The summed E-state index contributed by atoms with van der Waals surface area (Å²) in [5.74, 6) is -1.35. The number of aromatic nitrogens is 1. The second-order valence-electron chi connectivity index (χ2n) is 3.85. The van der Waals surface area contributed by atoms with Crippen LogP contribution in [0.2, 0.25) is 0 Å². The molecule has 0 fully saturated rings. The molecular weight excluding hydrogens is 236 g/mol. The Hall–Kier alpha value is -2.11. The zero-order valence-corrected chi connectivity index (χ0v) is 10.3. The van der Waals surface area contributed by atoms with E-state index in [0.29, 0.717) is 24.3 Å². The molecule has 0 aliphatic rings. The van der Waals surface area contributed by atoms with Crippen LogP contribution in [0.3, 0.4) is 0 Å². The van der Waals surface area contributed by atoms with Gasteiger partial charge in [-0.15, -0.1) is 0 Å². The number of methoxy groups -OCH3 is 1. The maximum Gasteiger partial charge on any atom is 0.341 e. The van der Waals surface area contributed by atoms with Crippen molar-refractivity contribution >= 4 is 17.8 Å². The van der Waals surface area contributed by atoms with Crippen LogP contribution in [0.25, 0.3) is 0 Å². The van der Waals surface area contributed by atoms with Gasteiger partial charge in [-0.2, -0.15) is 0 Å². The quantitative estimate of drug-likeness (QED) is 0.744. The molecule has 1 unspecified atom stereocenters. The van der Waals surface area contributed by atoms with E-state index >= 15 is 0 Å². The van der Waals surface area contributed by atoms with Crippen LogP contribution in [-0.2, 0) is 9.53 Å². The molecule has 1 atom stereocenters. The van der Waals surface area contributed by atoms with E-state index in [4.69, 9.17) is 5.11 Å². The first-order valence-electron chi connectivity index (χ1n) is 5.56. The molecule has 2 N–H and O–H groups in total. The van der Waals surface area contributed by atoms with Crippen LogP contribution < -0.4 is 5.32 Å². The number of hydrogen-bond donors (Lipinski definition) is 2. The number of pyridine rings is 1. The molecule has 1 heterocycles. The average molecular weight is 252 g/mol. The number of esters is 1. The van der Waals surface area contributed by atoms with E-state index in [2.05, 4.69) is 15.0 Å². The molecular formula is C12H16N2O4. The van der Waals surface area contributed by atoms with Crippen molar-refractivity contribution in [1.29, 1.82) is 0 Å². The summed E-state index contributed by atoms with van der Waals surface area (Å²) in [7, 11) is 1.30. The van der Waals surface area contributed by atoms with E-state index < -0.39 is 17.9 Å². The van der Waals surface area contributed by atoms with Gasteiger partial charge in [-0.25, -0.2) is 9.78 Å². The Balaban J connectivity index is 2.62.